The van der Waals surface area contributed by atoms with Gasteiger partial charge in [0, 0.05) is 19.7 Å². The Labute approximate surface area is 140 Å². The largest absolute Gasteiger partial charge is 0.414 e. The van der Waals surface area contributed by atoms with Gasteiger partial charge in [0.25, 0.3) is 0 Å². The third kappa shape index (κ3) is 3.54. The summed E-state index contributed by atoms with van der Waals surface area (Å²) in [6.07, 6.45) is -0.423. The first-order valence-corrected chi connectivity index (χ1v) is 7.51. The molecule has 0 unspecified atom stereocenters. The minimum absolute atomic E-state index is 0.423. The van der Waals surface area contributed by atoms with Crippen LogP contribution in [0.25, 0.3) is 11.1 Å². The Balaban J connectivity index is 2.58. The molecule has 0 aliphatic rings. The summed E-state index contributed by atoms with van der Waals surface area (Å²) in [6, 6.07) is 9.29. The summed E-state index contributed by atoms with van der Waals surface area (Å²) < 4.78 is 5.53. The van der Waals surface area contributed by atoms with E-state index in [1.165, 1.54) is 4.90 Å². The molecule has 0 radical (unpaired) electrons. The van der Waals surface area contributed by atoms with Gasteiger partial charge in [0.1, 0.15) is 5.75 Å². The van der Waals surface area contributed by atoms with Crippen molar-refractivity contribution in [3.05, 3.63) is 51.5 Å². The van der Waals surface area contributed by atoms with Gasteiger partial charge in [0.2, 0.25) is 0 Å². The van der Waals surface area contributed by atoms with Gasteiger partial charge < -0.3 is 9.64 Å². The highest BCUT2D eigenvalue weighted by atomic mass is 35.5. The van der Waals surface area contributed by atoms with E-state index in [1.807, 2.05) is 32.0 Å². The van der Waals surface area contributed by atoms with E-state index >= 15 is 0 Å². The fourth-order valence-electron chi connectivity index (χ4n) is 2.15. The number of carbonyl (C=O) groups excluding carboxylic acids is 1. The molecular formula is C17H17Cl2NO2. The van der Waals surface area contributed by atoms with Crippen LogP contribution < -0.4 is 4.74 Å². The van der Waals surface area contributed by atoms with Crippen LogP contribution in [-0.4, -0.2) is 25.1 Å². The second-order valence-corrected chi connectivity index (χ2v) is 6.16. The Hall–Kier alpha value is -1.71. The topological polar surface area (TPSA) is 29.5 Å². The van der Waals surface area contributed by atoms with Gasteiger partial charge in [-0.1, -0.05) is 35.3 Å². The van der Waals surface area contributed by atoms with Gasteiger partial charge in [0.15, 0.2) is 0 Å². The predicted octanol–water partition coefficient (Wildman–Crippen LogP) is 5.34. The summed E-state index contributed by atoms with van der Waals surface area (Å²) in [7, 11) is 3.29. The monoisotopic (exact) mass is 337 g/mol. The lowest BCUT2D eigenvalue weighted by molar-refractivity contribution is 0.172. The summed E-state index contributed by atoms with van der Waals surface area (Å²) in [5, 5.41) is 0.949. The van der Waals surface area contributed by atoms with Crippen molar-refractivity contribution >= 4 is 29.3 Å². The maximum Gasteiger partial charge on any atom is 0.414 e. The van der Waals surface area contributed by atoms with E-state index in [2.05, 4.69) is 0 Å². The van der Waals surface area contributed by atoms with Crippen LogP contribution in [0.3, 0.4) is 0 Å². The molecule has 3 nitrogen and oxygen atoms in total. The van der Waals surface area contributed by atoms with Gasteiger partial charge in [-0.25, -0.2) is 4.79 Å². The highest BCUT2D eigenvalue weighted by Crippen LogP contribution is 2.37. The maximum atomic E-state index is 11.9. The van der Waals surface area contributed by atoms with E-state index in [0.29, 0.717) is 15.8 Å². The maximum absolute atomic E-state index is 11.9. The number of rotatable bonds is 2. The van der Waals surface area contributed by atoms with Crippen LogP contribution in [0.4, 0.5) is 4.79 Å². The molecule has 0 aliphatic heterocycles. The fraction of sp³-hybridized carbons (Fsp3) is 0.235. The van der Waals surface area contributed by atoms with Gasteiger partial charge in [-0.15, -0.1) is 0 Å². The van der Waals surface area contributed by atoms with Crippen LogP contribution in [0.2, 0.25) is 10.0 Å². The zero-order chi connectivity index (χ0) is 16.4. The van der Waals surface area contributed by atoms with Crippen LogP contribution in [0.15, 0.2) is 30.3 Å². The second kappa shape index (κ2) is 6.59. The normalized spacial score (nSPS) is 10.5. The van der Waals surface area contributed by atoms with Crippen LogP contribution in [0, 0.1) is 13.8 Å². The summed E-state index contributed by atoms with van der Waals surface area (Å²) in [6.45, 7) is 3.90. The van der Waals surface area contributed by atoms with E-state index in [9.17, 15) is 4.79 Å². The molecule has 2 aromatic rings. The van der Waals surface area contributed by atoms with E-state index in [-0.39, 0.29) is 0 Å². The van der Waals surface area contributed by atoms with Crippen molar-refractivity contribution in [3.8, 4) is 16.9 Å². The van der Waals surface area contributed by atoms with Crippen LogP contribution in [-0.2, 0) is 0 Å². The SMILES string of the molecule is Cc1cc(C)c(OC(=O)N(C)C)c(-c2ccc(Cl)c(Cl)c2)c1. The molecule has 0 atom stereocenters. The summed E-state index contributed by atoms with van der Waals surface area (Å²) in [5.74, 6) is 0.530. The van der Waals surface area contributed by atoms with E-state index in [1.54, 1.807) is 26.2 Å². The molecule has 0 saturated carbocycles. The van der Waals surface area contributed by atoms with Gasteiger partial charge >= 0.3 is 6.09 Å². The fourth-order valence-corrected chi connectivity index (χ4v) is 2.44. The zero-order valence-corrected chi connectivity index (χ0v) is 14.4. The lowest BCUT2D eigenvalue weighted by Gasteiger charge is -2.17. The third-order valence-corrected chi connectivity index (χ3v) is 3.94. The molecule has 1 amide bonds. The molecule has 5 heteroatoms. The van der Waals surface area contributed by atoms with Crippen LogP contribution in [0.1, 0.15) is 11.1 Å². The number of hydrogen-bond acceptors (Lipinski definition) is 2. The molecule has 2 rings (SSSR count). The van der Waals surface area contributed by atoms with Gasteiger partial charge in [-0.2, -0.15) is 0 Å². The predicted molar refractivity (Wildman–Crippen MR) is 91.1 cm³/mol. The minimum Gasteiger partial charge on any atom is -0.409 e. The highest BCUT2D eigenvalue weighted by molar-refractivity contribution is 6.42. The molecule has 0 saturated heterocycles. The number of halogens is 2. The van der Waals surface area contributed by atoms with E-state index < -0.39 is 6.09 Å². The van der Waals surface area contributed by atoms with E-state index in [4.69, 9.17) is 27.9 Å². The first-order chi connectivity index (χ1) is 10.3. The molecule has 116 valence electrons. The number of benzene rings is 2. The third-order valence-electron chi connectivity index (χ3n) is 3.20. The van der Waals surface area contributed by atoms with Gasteiger partial charge in [-0.05, 0) is 48.7 Å². The molecular weight excluding hydrogens is 321 g/mol. The van der Waals surface area contributed by atoms with E-state index in [0.717, 1.165) is 22.3 Å². The lowest BCUT2D eigenvalue weighted by Crippen LogP contribution is -2.25. The minimum atomic E-state index is -0.423. The van der Waals surface area contributed by atoms with Crippen molar-refractivity contribution in [2.75, 3.05) is 14.1 Å². The molecule has 0 N–H and O–H groups in total. The van der Waals surface area contributed by atoms with Crippen LogP contribution in [0.5, 0.6) is 5.75 Å². The van der Waals surface area contributed by atoms with Crippen molar-refractivity contribution in [3.63, 3.8) is 0 Å². The second-order valence-electron chi connectivity index (χ2n) is 5.35. The molecule has 22 heavy (non-hydrogen) atoms. The number of nitrogens with zero attached hydrogens (tertiary/aromatic N) is 1. The number of hydrogen-bond donors (Lipinski definition) is 0. The smallest absolute Gasteiger partial charge is 0.409 e. The van der Waals surface area contributed by atoms with Gasteiger partial charge in [0.05, 0.1) is 10.0 Å². The number of aryl methyl sites for hydroxylation is 2. The Morgan fingerprint density at radius 1 is 1.05 bits per heavy atom. The van der Waals surface area contributed by atoms with Gasteiger partial charge in [-0.3, -0.25) is 0 Å². The first kappa shape index (κ1) is 16.7. The zero-order valence-electron chi connectivity index (χ0n) is 12.9. The number of carbonyl (C=O) groups is 1. The molecule has 0 aliphatic carbocycles. The summed E-state index contributed by atoms with van der Waals surface area (Å²) >= 11 is 12.1. The molecule has 0 spiro atoms. The van der Waals surface area contributed by atoms with Crippen molar-refractivity contribution in [1.29, 1.82) is 0 Å². The average Bonchev–Trinajstić information content (AvgIpc) is 2.44. The molecule has 0 fully saturated rings. The van der Waals surface area contributed by atoms with Crippen molar-refractivity contribution in [2.45, 2.75) is 13.8 Å². The summed E-state index contributed by atoms with van der Waals surface area (Å²) in [4.78, 5) is 13.3. The Morgan fingerprint density at radius 2 is 1.73 bits per heavy atom. The highest BCUT2D eigenvalue weighted by Gasteiger charge is 2.16. The first-order valence-electron chi connectivity index (χ1n) is 6.75. The van der Waals surface area contributed by atoms with Crippen molar-refractivity contribution in [1.82, 2.24) is 4.90 Å². The van der Waals surface area contributed by atoms with Crippen LogP contribution >= 0.6 is 23.2 Å². The number of amides is 1. The number of ether oxygens (including phenoxy) is 1. The molecule has 0 aromatic heterocycles. The quantitative estimate of drug-likeness (QED) is 0.740. The standard InChI is InChI=1S/C17H17Cl2NO2/c1-10-7-11(2)16(22-17(21)20(3)4)13(8-10)12-5-6-14(18)15(19)9-12/h5-9H,1-4H3. The Morgan fingerprint density at radius 3 is 2.32 bits per heavy atom. The molecule has 0 bridgehead atoms. The van der Waals surface area contributed by atoms with Crippen molar-refractivity contribution in [2.24, 2.45) is 0 Å². The average molecular weight is 338 g/mol. The molecule has 0 heterocycles. The summed E-state index contributed by atoms with van der Waals surface area (Å²) in [5.41, 5.74) is 3.62. The Bertz CT molecular complexity index is 727. The lowest BCUT2D eigenvalue weighted by atomic mass is 9.99. The molecule has 2 aromatic carbocycles. The Kier molecular flexibility index (Phi) is 4.99. The van der Waals surface area contributed by atoms with Crippen molar-refractivity contribution < 1.29 is 9.53 Å².